The minimum atomic E-state index is -4.67. The maximum absolute atomic E-state index is 12.4. The predicted molar refractivity (Wildman–Crippen MR) is 266 cm³/mol. The second kappa shape index (κ2) is 25.1. The highest BCUT2D eigenvalue weighted by Gasteiger charge is 2.38. The predicted octanol–water partition coefficient (Wildman–Crippen LogP) is 8.13. The van der Waals surface area contributed by atoms with Crippen LogP contribution in [0.2, 0.25) is 0 Å². The topological polar surface area (TPSA) is 218 Å². The van der Waals surface area contributed by atoms with Gasteiger partial charge in [0.15, 0.2) is 0 Å². The molecule has 1 amide bonds. The van der Waals surface area contributed by atoms with Gasteiger partial charge in [-0.15, -0.1) is 0 Å². The average Bonchev–Trinajstić information content (AvgIpc) is 4.30. The van der Waals surface area contributed by atoms with Crippen molar-refractivity contribution < 1.29 is 31.8 Å². The standard InChI is InChI=1S/C27H36N4O2.C27H34N4O.H2O4S/c28-27(32)26(23-8-5-15-29-25(23)20-10-11-20)31-16-14-22(18-31)33-17-4-3-7-21-13-12-19-6-1-2-9-24(19)30-21;28-18-26(24-8-5-15-29-27(24)21-10-11-21)31-16-14-23(19-31)32-17-4-3-7-22-13-12-20-6-1-2-9-25(20)30-22;1-5(2,3)4/h5,8,12-13,15,20,22,26H,1-4,6-7,9-11,14,16-18H2,(H2,28,32);5,8,12-13,15,21,23,26H,1-4,6-7,9-11,14,16-17,19H2;(H2,1,2,3,4)/t22-,26?;23-,26?;/m11./s1. The molecule has 16 heteroatoms. The highest BCUT2D eigenvalue weighted by atomic mass is 32.3. The fraction of sp³-hybridized carbons (Fsp3) is 0.593. The Morgan fingerprint density at radius 3 is 1.66 bits per heavy atom. The first-order chi connectivity index (χ1) is 34.0. The Hall–Kier alpha value is -4.73. The van der Waals surface area contributed by atoms with Gasteiger partial charge in [-0.3, -0.25) is 43.6 Å². The van der Waals surface area contributed by atoms with Crippen LogP contribution in [0.4, 0.5) is 0 Å². The number of fused-ring (bicyclic) bond motifs is 2. The summed E-state index contributed by atoms with van der Waals surface area (Å²) in [5.41, 5.74) is 18.2. The van der Waals surface area contributed by atoms with E-state index in [1.54, 1.807) is 0 Å². The number of nitriles is 1. The van der Waals surface area contributed by atoms with Crippen molar-refractivity contribution in [2.75, 3.05) is 39.4 Å². The fourth-order valence-electron chi connectivity index (χ4n) is 10.7. The second-order valence-corrected chi connectivity index (χ2v) is 20.9. The molecule has 4 atom stereocenters. The molecule has 0 bridgehead atoms. The second-order valence-electron chi connectivity index (χ2n) is 20.0. The molecule has 0 aromatic carbocycles. The van der Waals surface area contributed by atoms with Gasteiger partial charge in [-0.1, -0.05) is 24.3 Å². The Balaban J connectivity index is 0.000000172. The summed E-state index contributed by atoms with van der Waals surface area (Å²) in [5.74, 6) is 0.756. The number of aromatic nitrogens is 4. The molecule has 4 N–H and O–H groups in total. The van der Waals surface area contributed by atoms with Gasteiger partial charge in [0.2, 0.25) is 5.91 Å². The first kappa shape index (κ1) is 51.6. The van der Waals surface area contributed by atoms with Crippen molar-refractivity contribution in [2.45, 2.75) is 165 Å². The van der Waals surface area contributed by atoms with E-state index in [1.165, 1.54) is 85.3 Å². The number of hydrogen-bond acceptors (Lipinski definition) is 12. The average molecular weight is 977 g/mol. The van der Waals surface area contributed by atoms with Crippen molar-refractivity contribution in [3.8, 4) is 6.07 Å². The van der Waals surface area contributed by atoms with Crippen LogP contribution < -0.4 is 5.73 Å². The number of amides is 1. The van der Waals surface area contributed by atoms with Crippen molar-refractivity contribution >= 4 is 16.3 Å². The van der Waals surface area contributed by atoms with Crippen LogP contribution in [-0.4, -0.2) is 105 Å². The number of hydrogen-bond donors (Lipinski definition) is 3. The van der Waals surface area contributed by atoms with Gasteiger partial charge in [0.1, 0.15) is 12.1 Å². The summed E-state index contributed by atoms with van der Waals surface area (Å²) >= 11 is 0. The molecule has 2 aliphatic heterocycles. The summed E-state index contributed by atoms with van der Waals surface area (Å²) in [6.07, 6.45) is 26.9. The van der Waals surface area contributed by atoms with E-state index >= 15 is 0 Å². The number of aryl methyl sites for hydroxylation is 6. The van der Waals surface area contributed by atoms with E-state index in [1.807, 2.05) is 30.6 Å². The van der Waals surface area contributed by atoms with Crippen LogP contribution in [0.25, 0.3) is 0 Å². The minimum absolute atomic E-state index is 0.162. The molecule has 0 radical (unpaired) electrons. The Morgan fingerprint density at radius 2 is 1.16 bits per heavy atom. The number of nitrogens with two attached hydrogens (primary N) is 1. The largest absolute Gasteiger partial charge is 0.394 e. The van der Waals surface area contributed by atoms with Crippen molar-refractivity contribution in [3.05, 3.63) is 117 Å². The SMILES string of the molecule is N#CC(c1cccnc1C1CC1)N1CC[C@@H](OCCCCc2ccc3c(n2)CCCC3)C1.NC(=O)C(c1cccnc1C1CC1)N1CC[C@@H](OCCCCc2ccc3c(n2)CCCC3)C1.O=S(=O)(O)O. The first-order valence-corrected chi connectivity index (χ1v) is 27.4. The third kappa shape index (κ3) is 15.1. The number of nitrogens with zero attached hydrogens (tertiary/aromatic N) is 7. The Bertz CT molecular complexity index is 2510. The van der Waals surface area contributed by atoms with E-state index in [4.69, 9.17) is 42.7 Å². The van der Waals surface area contributed by atoms with E-state index in [9.17, 15) is 10.1 Å². The third-order valence-electron chi connectivity index (χ3n) is 14.6. The van der Waals surface area contributed by atoms with Crippen LogP contribution in [0.5, 0.6) is 0 Å². The molecule has 4 aromatic rings. The van der Waals surface area contributed by atoms with E-state index in [2.05, 4.69) is 56.2 Å². The molecule has 10 rings (SSSR count). The number of likely N-dealkylation sites (tertiary alicyclic amines) is 2. The van der Waals surface area contributed by atoms with Gasteiger partial charge in [0.05, 0.1) is 18.3 Å². The third-order valence-corrected chi connectivity index (χ3v) is 14.6. The Morgan fingerprint density at radius 1 is 0.686 bits per heavy atom. The van der Waals surface area contributed by atoms with E-state index in [0.29, 0.717) is 11.8 Å². The molecular formula is C54H72N8O7S. The molecule has 2 unspecified atom stereocenters. The van der Waals surface area contributed by atoms with Gasteiger partial charge in [-0.05, 0) is 164 Å². The lowest BCUT2D eigenvalue weighted by Gasteiger charge is -2.27. The molecule has 6 aliphatic rings. The molecule has 15 nitrogen and oxygen atoms in total. The molecule has 4 aromatic heterocycles. The van der Waals surface area contributed by atoms with Crippen molar-refractivity contribution in [3.63, 3.8) is 0 Å². The number of carbonyl (C=O) groups is 1. The van der Waals surface area contributed by atoms with Crippen molar-refractivity contribution in [1.82, 2.24) is 29.7 Å². The smallest absolute Gasteiger partial charge is 0.377 e. The monoisotopic (exact) mass is 977 g/mol. The number of primary amides is 1. The highest BCUT2D eigenvalue weighted by Crippen LogP contribution is 2.44. The number of unbranched alkanes of at least 4 members (excludes halogenated alkanes) is 2. The van der Waals surface area contributed by atoms with Crippen LogP contribution in [0.1, 0.15) is 170 Å². The molecule has 0 spiro atoms. The minimum Gasteiger partial charge on any atom is -0.377 e. The van der Waals surface area contributed by atoms with Crippen LogP contribution in [0.3, 0.4) is 0 Å². The quantitative estimate of drug-likeness (QED) is 0.0597. The highest BCUT2D eigenvalue weighted by molar-refractivity contribution is 7.79. The number of pyridine rings is 4. The summed E-state index contributed by atoms with van der Waals surface area (Å²) in [6, 6.07) is 18.9. The summed E-state index contributed by atoms with van der Waals surface area (Å²) in [4.78, 5) is 35.9. The van der Waals surface area contributed by atoms with E-state index in [-0.39, 0.29) is 24.2 Å². The molecule has 70 heavy (non-hydrogen) atoms. The molecule has 2 saturated carbocycles. The lowest BCUT2D eigenvalue weighted by molar-refractivity contribution is -0.123. The lowest BCUT2D eigenvalue weighted by Crippen LogP contribution is -2.38. The number of rotatable bonds is 19. The number of carbonyl (C=O) groups excluding carboxylic acids is 1. The summed E-state index contributed by atoms with van der Waals surface area (Å²) in [5, 5.41) is 9.91. The van der Waals surface area contributed by atoms with Crippen LogP contribution >= 0.6 is 0 Å². The van der Waals surface area contributed by atoms with Gasteiger partial charge in [-0.25, -0.2) is 0 Å². The van der Waals surface area contributed by atoms with Gasteiger partial charge in [0.25, 0.3) is 0 Å². The molecule has 4 fully saturated rings. The summed E-state index contributed by atoms with van der Waals surface area (Å²) in [6.45, 7) is 4.88. The number of ether oxygens (including phenoxy) is 2. The first-order valence-electron chi connectivity index (χ1n) is 26.0. The molecule has 2 saturated heterocycles. The summed E-state index contributed by atoms with van der Waals surface area (Å²) in [7, 11) is -4.67. The Kier molecular flexibility index (Phi) is 18.5. The molecule has 6 heterocycles. The van der Waals surface area contributed by atoms with Crippen LogP contribution in [0, 0.1) is 11.3 Å². The van der Waals surface area contributed by atoms with Gasteiger partial charge in [-0.2, -0.15) is 13.7 Å². The lowest BCUT2D eigenvalue weighted by atomic mass is 9.95. The van der Waals surface area contributed by atoms with Gasteiger partial charge < -0.3 is 15.2 Å². The van der Waals surface area contributed by atoms with Crippen molar-refractivity contribution in [2.24, 2.45) is 5.73 Å². The maximum Gasteiger partial charge on any atom is 0.394 e. The van der Waals surface area contributed by atoms with Crippen LogP contribution in [0.15, 0.2) is 60.9 Å². The van der Waals surface area contributed by atoms with E-state index < -0.39 is 16.4 Å². The fourth-order valence-corrected chi connectivity index (χ4v) is 10.7. The molecule has 376 valence electrons. The van der Waals surface area contributed by atoms with Gasteiger partial charge >= 0.3 is 10.4 Å². The zero-order valence-electron chi connectivity index (χ0n) is 40.7. The van der Waals surface area contributed by atoms with E-state index in [0.717, 1.165) is 139 Å². The molecule has 4 aliphatic carbocycles. The van der Waals surface area contributed by atoms with Crippen molar-refractivity contribution in [1.29, 1.82) is 5.26 Å². The normalized spacial score (nSPS) is 21.0. The van der Waals surface area contributed by atoms with Crippen LogP contribution in [-0.2, 0) is 63.2 Å². The summed E-state index contributed by atoms with van der Waals surface area (Å²) < 4.78 is 44.0. The zero-order chi connectivity index (χ0) is 48.9. The van der Waals surface area contributed by atoms with Gasteiger partial charge in [0, 0.05) is 109 Å². The molecular weight excluding hydrogens is 905 g/mol. The zero-order valence-corrected chi connectivity index (χ0v) is 41.5. The Labute approximate surface area is 414 Å². The maximum atomic E-state index is 12.4.